The molecule has 0 aliphatic heterocycles. The first kappa shape index (κ1) is 10.4. The normalized spacial score (nSPS) is 10.4. The fourth-order valence-electron chi connectivity index (χ4n) is 1.71. The van der Waals surface area contributed by atoms with Crippen molar-refractivity contribution >= 4 is 11.2 Å². The molecule has 1 aromatic carbocycles. The second-order valence-corrected chi connectivity index (χ2v) is 3.60. The van der Waals surface area contributed by atoms with Gasteiger partial charge >= 0.3 is 0 Å². The van der Waals surface area contributed by atoms with E-state index in [0.29, 0.717) is 11.2 Å². The number of aromatic nitrogens is 4. The van der Waals surface area contributed by atoms with Gasteiger partial charge in [0.2, 0.25) is 0 Å². The summed E-state index contributed by atoms with van der Waals surface area (Å²) >= 11 is 0. The summed E-state index contributed by atoms with van der Waals surface area (Å²) in [6.07, 6.45) is 2.84. The smallest absolute Gasteiger partial charge is 0.171 e. The fraction of sp³-hybridized carbons (Fsp3) is 0. The van der Waals surface area contributed by atoms with Crippen LogP contribution in [0.25, 0.3) is 16.9 Å². The van der Waals surface area contributed by atoms with E-state index in [4.69, 9.17) is 5.26 Å². The van der Waals surface area contributed by atoms with Crippen LogP contribution < -0.4 is 0 Å². The summed E-state index contributed by atoms with van der Waals surface area (Å²) < 4.78 is 14.5. The second kappa shape index (κ2) is 3.89. The van der Waals surface area contributed by atoms with Gasteiger partial charge in [0.1, 0.15) is 30.1 Å². The van der Waals surface area contributed by atoms with Crippen LogP contribution in [0.15, 0.2) is 36.9 Å². The maximum Gasteiger partial charge on any atom is 0.171 e. The van der Waals surface area contributed by atoms with E-state index in [0.717, 1.165) is 5.69 Å². The molecule has 0 unspecified atom stereocenters. The molecule has 0 amide bonds. The molecular formula is C12H6FN5. The highest BCUT2D eigenvalue weighted by Crippen LogP contribution is 2.17. The average molecular weight is 239 g/mol. The van der Waals surface area contributed by atoms with Crippen molar-refractivity contribution in [1.82, 2.24) is 19.5 Å². The fourth-order valence-corrected chi connectivity index (χ4v) is 1.71. The van der Waals surface area contributed by atoms with Gasteiger partial charge in [-0.1, -0.05) is 0 Å². The molecule has 0 atom stereocenters. The first-order valence-electron chi connectivity index (χ1n) is 5.13. The van der Waals surface area contributed by atoms with Gasteiger partial charge in [-0.3, -0.25) is 4.57 Å². The van der Waals surface area contributed by atoms with Crippen molar-refractivity contribution < 1.29 is 4.39 Å². The van der Waals surface area contributed by atoms with Crippen molar-refractivity contribution in [3.8, 4) is 11.8 Å². The molecular weight excluding hydrogens is 233 g/mol. The van der Waals surface area contributed by atoms with Crippen molar-refractivity contribution in [2.45, 2.75) is 0 Å². The Labute approximate surface area is 101 Å². The topological polar surface area (TPSA) is 67.4 Å². The standard InChI is InChI=1S/C12H6FN5/c13-8-1-3-9(4-2-8)18-7-17-11-10(5-14)15-6-16-12(11)18/h1-4,6-7H. The van der Waals surface area contributed by atoms with Crippen molar-refractivity contribution in [3.05, 3.63) is 48.4 Å². The molecule has 2 aromatic heterocycles. The van der Waals surface area contributed by atoms with E-state index in [1.165, 1.54) is 24.8 Å². The Morgan fingerprint density at radius 1 is 1.11 bits per heavy atom. The SMILES string of the molecule is N#Cc1ncnc2c1ncn2-c1ccc(F)cc1. The average Bonchev–Trinajstić information content (AvgIpc) is 2.83. The molecule has 0 radical (unpaired) electrons. The largest absolute Gasteiger partial charge is 0.283 e. The summed E-state index contributed by atoms with van der Waals surface area (Å²) in [5.41, 5.74) is 1.90. The predicted molar refractivity (Wildman–Crippen MR) is 61.3 cm³/mol. The number of nitriles is 1. The summed E-state index contributed by atoms with van der Waals surface area (Å²) in [6, 6.07) is 7.90. The maximum atomic E-state index is 12.9. The van der Waals surface area contributed by atoms with E-state index >= 15 is 0 Å². The minimum atomic E-state index is -0.310. The van der Waals surface area contributed by atoms with E-state index in [1.54, 1.807) is 16.7 Å². The maximum absolute atomic E-state index is 12.9. The molecule has 6 heteroatoms. The molecule has 86 valence electrons. The molecule has 0 saturated carbocycles. The number of hydrogen-bond donors (Lipinski definition) is 0. The predicted octanol–water partition coefficient (Wildman–Crippen LogP) is 1.83. The van der Waals surface area contributed by atoms with Crippen LogP contribution in [0.4, 0.5) is 4.39 Å². The van der Waals surface area contributed by atoms with Crippen LogP contribution in [0.1, 0.15) is 5.69 Å². The van der Waals surface area contributed by atoms with Gasteiger partial charge in [-0.15, -0.1) is 0 Å². The van der Waals surface area contributed by atoms with Crippen LogP contribution in [0, 0.1) is 17.1 Å². The number of imidazole rings is 1. The zero-order chi connectivity index (χ0) is 12.5. The highest BCUT2D eigenvalue weighted by atomic mass is 19.1. The molecule has 0 fully saturated rings. The molecule has 3 aromatic rings. The molecule has 0 N–H and O–H groups in total. The molecule has 0 saturated heterocycles. The number of benzene rings is 1. The third-order valence-electron chi connectivity index (χ3n) is 2.54. The number of halogens is 1. The lowest BCUT2D eigenvalue weighted by Gasteiger charge is -2.02. The minimum absolute atomic E-state index is 0.223. The molecule has 5 nitrogen and oxygen atoms in total. The Balaban J connectivity index is 2.25. The monoisotopic (exact) mass is 239 g/mol. The van der Waals surface area contributed by atoms with Gasteiger partial charge in [0.15, 0.2) is 11.3 Å². The minimum Gasteiger partial charge on any atom is -0.283 e. The Hall–Kier alpha value is -2.81. The molecule has 0 spiro atoms. The van der Waals surface area contributed by atoms with E-state index < -0.39 is 0 Å². The lowest BCUT2D eigenvalue weighted by Crippen LogP contribution is -1.95. The Morgan fingerprint density at radius 2 is 1.89 bits per heavy atom. The molecule has 2 heterocycles. The van der Waals surface area contributed by atoms with Crippen molar-refractivity contribution in [3.63, 3.8) is 0 Å². The van der Waals surface area contributed by atoms with Gasteiger partial charge < -0.3 is 0 Å². The quantitative estimate of drug-likeness (QED) is 0.649. The van der Waals surface area contributed by atoms with Crippen molar-refractivity contribution in [2.24, 2.45) is 0 Å². The van der Waals surface area contributed by atoms with Crippen LogP contribution >= 0.6 is 0 Å². The lowest BCUT2D eigenvalue weighted by atomic mass is 10.3. The summed E-state index contributed by atoms with van der Waals surface area (Å²) in [4.78, 5) is 12.0. The third kappa shape index (κ3) is 1.50. The van der Waals surface area contributed by atoms with Gasteiger partial charge in [0.25, 0.3) is 0 Å². The van der Waals surface area contributed by atoms with E-state index in [2.05, 4.69) is 15.0 Å². The number of rotatable bonds is 1. The third-order valence-corrected chi connectivity index (χ3v) is 2.54. The van der Waals surface area contributed by atoms with Crippen molar-refractivity contribution in [1.29, 1.82) is 5.26 Å². The van der Waals surface area contributed by atoms with Gasteiger partial charge in [-0.2, -0.15) is 5.26 Å². The lowest BCUT2D eigenvalue weighted by molar-refractivity contribution is 0.627. The van der Waals surface area contributed by atoms with Gasteiger partial charge in [0.05, 0.1) is 0 Å². The van der Waals surface area contributed by atoms with Crippen LogP contribution in [0.2, 0.25) is 0 Å². The molecule has 0 aliphatic carbocycles. The molecule has 0 aliphatic rings. The molecule has 18 heavy (non-hydrogen) atoms. The van der Waals surface area contributed by atoms with Gasteiger partial charge in [-0.05, 0) is 24.3 Å². The first-order valence-corrected chi connectivity index (χ1v) is 5.13. The first-order chi connectivity index (χ1) is 8.79. The Morgan fingerprint density at radius 3 is 2.61 bits per heavy atom. The summed E-state index contributed by atoms with van der Waals surface area (Å²) in [7, 11) is 0. The van der Waals surface area contributed by atoms with Crippen LogP contribution in [-0.4, -0.2) is 19.5 Å². The highest BCUT2D eigenvalue weighted by Gasteiger charge is 2.10. The van der Waals surface area contributed by atoms with Crippen LogP contribution in [0.5, 0.6) is 0 Å². The zero-order valence-corrected chi connectivity index (χ0v) is 9.08. The van der Waals surface area contributed by atoms with E-state index in [-0.39, 0.29) is 11.5 Å². The summed E-state index contributed by atoms with van der Waals surface area (Å²) in [5, 5.41) is 8.91. The van der Waals surface area contributed by atoms with E-state index in [9.17, 15) is 4.39 Å². The number of nitrogens with zero attached hydrogens (tertiary/aromatic N) is 5. The van der Waals surface area contributed by atoms with Crippen molar-refractivity contribution in [2.75, 3.05) is 0 Å². The molecule has 0 bridgehead atoms. The van der Waals surface area contributed by atoms with Gasteiger partial charge in [-0.25, -0.2) is 19.3 Å². The number of fused-ring (bicyclic) bond motifs is 1. The van der Waals surface area contributed by atoms with Crippen LogP contribution in [-0.2, 0) is 0 Å². The van der Waals surface area contributed by atoms with Crippen LogP contribution in [0.3, 0.4) is 0 Å². The van der Waals surface area contributed by atoms with E-state index in [1.807, 2.05) is 6.07 Å². The number of hydrogen-bond acceptors (Lipinski definition) is 4. The highest BCUT2D eigenvalue weighted by molar-refractivity contribution is 5.77. The Kier molecular flexibility index (Phi) is 2.24. The molecule has 3 rings (SSSR count). The second-order valence-electron chi connectivity index (χ2n) is 3.60. The zero-order valence-electron chi connectivity index (χ0n) is 9.08. The summed E-state index contributed by atoms with van der Waals surface area (Å²) in [5.74, 6) is -0.310. The Bertz CT molecular complexity index is 754. The van der Waals surface area contributed by atoms with Gasteiger partial charge in [0, 0.05) is 5.69 Å². The summed E-state index contributed by atoms with van der Waals surface area (Å²) in [6.45, 7) is 0.